The molecule has 4 nitrogen and oxygen atoms in total. The van der Waals surface area contributed by atoms with Crippen molar-refractivity contribution in [3.63, 3.8) is 0 Å². The summed E-state index contributed by atoms with van der Waals surface area (Å²) in [6, 6.07) is 3.76. The second kappa shape index (κ2) is 4.53. The van der Waals surface area contributed by atoms with Gasteiger partial charge in [0.15, 0.2) is 0 Å². The lowest BCUT2D eigenvalue weighted by Crippen LogP contribution is -2.32. The van der Waals surface area contributed by atoms with E-state index in [9.17, 15) is 14.7 Å². The number of benzene rings is 1. The molecular formula is C14H17NO3. The number of carbonyl (C=O) groups is 2. The molecule has 4 heteroatoms. The standard InChI is InChI=1S/C14H17NO3/c1-8-6-9(2)12-11(7-8)15(5-4-10(3)16)14(18)13(12)17/h6-7,10,16H,4-5H2,1-3H3. The Kier molecular flexibility index (Phi) is 3.22. The van der Waals surface area contributed by atoms with Crippen LogP contribution in [0.3, 0.4) is 0 Å². The number of aliphatic hydroxyl groups is 1. The van der Waals surface area contributed by atoms with Crippen LogP contribution in [-0.4, -0.2) is 29.4 Å². The zero-order valence-corrected chi connectivity index (χ0v) is 10.9. The number of amides is 1. The second-order valence-corrected chi connectivity index (χ2v) is 4.90. The largest absolute Gasteiger partial charge is 0.393 e. The van der Waals surface area contributed by atoms with Crippen LogP contribution < -0.4 is 4.90 Å². The predicted octanol–water partition coefficient (Wildman–Crippen LogP) is 1.60. The van der Waals surface area contributed by atoms with Crippen LogP contribution in [0.15, 0.2) is 12.1 Å². The number of ketones is 1. The van der Waals surface area contributed by atoms with Gasteiger partial charge in [0.2, 0.25) is 0 Å². The van der Waals surface area contributed by atoms with Crippen LogP contribution in [0.2, 0.25) is 0 Å². The summed E-state index contributed by atoms with van der Waals surface area (Å²) in [4.78, 5) is 25.3. The van der Waals surface area contributed by atoms with Crippen molar-refractivity contribution in [3.05, 3.63) is 28.8 Å². The van der Waals surface area contributed by atoms with Crippen molar-refractivity contribution >= 4 is 17.4 Å². The molecule has 1 heterocycles. The highest BCUT2D eigenvalue weighted by Gasteiger charge is 2.36. The molecule has 0 saturated carbocycles. The SMILES string of the molecule is Cc1cc(C)c2c(c1)N(CCC(C)O)C(=O)C2=O. The molecule has 96 valence electrons. The highest BCUT2D eigenvalue weighted by molar-refractivity contribution is 6.52. The minimum absolute atomic E-state index is 0.373. The van der Waals surface area contributed by atoms with E-state index in [1.807, 2.05) is 26.0 Å². The van der Waals surface area contributed by atoms with Crippen molar-refractivity contribution in [1.82, 2.24) is 0 Å². The van der Waals surface area contributed by atoms with E-state index in [2.05, 4.69) is 0 Å². The van der Waals surface area contributed by atoms with Gasteiger partial charge in [-0.05, 0) is 44.4 Å². The summed E-state index contributed by atoms with van der Waals surface area (Å²) in [6.07, 6.45) is -0.0197. The Hall–Kier alpha value is -1.68. The molecule has 0 saturated heterocycles. The first-order valence-corrected chi connectivity index (χ1v) is 6.07. The lowest BCUT2D eigenvalue weighted by molar-refractivity contribution is -0.114. The second-order valence-electron chi connectivity index (χ2n) is 4.90. The molecule has 0 spiro atoms. The first-order chi connectivity index (χ1) is 8.41. The summed E-state index contributed by atoms with van der Waals surface area (Å²) in [5, 5.41) is 9.30. The third kappa shape index (κ3) is 2.04. The summed E-state index contributed by atoms with van der Waals surface area (Å²) < 4.78 is 0. The molecule has 1 unspecified atom stereocenters. The minimum Gasteiger partial charge on any atom is -0.393 e. The van der Waals surface area contributed by atoms with Gasteiger partial charge in [0.25, 0.3) is 11.7 Å². The number of anilines is 1. The van der Waals surface area contributed by atoms with Crippen molar-refractivity contribution < 1.29 is 14.7 Å². The van der Waals surface area contributed by atoms with Gasteiger partial charge in [0, 0.05) is 6.54 Å². The average molecular weight is 247 g/mol. The van der Waals surface area contributed by atoms with Gasteiger partial charge >= 0.3 is 0 Å². The Bertz CT molecular complexity index is 520. The van der Waals surface area contributed by atoms with Gasteiger partial charge in [0.1, 0.15) is 0 Å². The number of nitrogens with zero attached hydrogens (tertiary/aromatic N) is 1. The normalized spacial score (nSPS) is 16.1. The molecule has 0 aromatic heterocycles. The lowest BCUT2D eigenvalue weighted by Gasteiger charge is -2.18. The minimum atomic E-state index is -0.487. The highest BCUT2D eigenvalue weighted by Crippen LogP contribution is 2.32. The van der Waals surface area contributed by atoms with Crippen LogP contribution in [0.25, 0.3) is 0 Å². The van der Waals surface area contributed by atoms with Crippen molar-refractivity contribution in [1.29, 1.82) is 0 Å². The molecule has 1 aromatic rings. The zero-order valence-electron chi connectivity index (χ0n) is 10.9. The molecule has 1 aromatic carbocycles. The fraction of sp³-hybridized carbons (Fsp3) is 0.429. The van der Waals surface area contributed by atoms with E-state index >= 15 is 0 Å². The quantitative estimate of drug-likeness (QED) is 0.825. The zero-order chi connectivity index (χ0) is 13.4. The molecule has 1 aliphatic rings. The fourth-order valence-electron chi connectivity index (χ4n) is 2.33. The van der Waals surface area contributed by atoms with Crippen molar-refractivity contribution in [2.45, 2.75) is 33.3 Å². The van der Waals surface area contributed by atoms with Crippen LogP contribution in [-0.2, 0) is 4.79 Å². The first kappa shape index (κ1) is 12.8. The van der Waals surface area contributed by atoms with Gasteiger partial charge in [-0.2, -0.15) is 0 Å². The summed E-state index contributed by atoms with van der Waals surface area (Å²) in [7, 11) is 0. The van der Waals surface area contributed by atoms with E-state index in [1.54, 1.807) is 6.92 Å². The van der Waals surface area contributed by atoms with Crippen LogP contribution >= 0.6 is 0 Å². The summed E-state index contributed by atoms with van der Waals surface area (Å²) in [6.45, 7) is 5.82. The Morgan fingerprint density at radius 3 is 2.56 bits per heavy atom. The number of hydrogen-bond acceptors (Lipinski definition) is 3. The van der Waals surface area contributed by atoms with E-state index in [4.69, 9.17) is 0 Å². The highest BCUT2D eigenvalue weighted by atomic mass is 16.3. The lowest BCUT2D eigenvalue weighted by atomic mass is 10.0. The summed E-state index contributed by atoms with van der Waals surface area (Å²) in [5.74, 6) is -0.924. The molecule has 0 fully saturated rings. The van der Waals surface area contributed by atoms with Crippen molar-refractivity contribution in [3.8, 4) is 0 Å². The van der Waals surface area contributed by atoms with E-state index in [0.29, 0.717) is 24.2 Å². The maximum atomic E-state index is 11.9. The Balaban J connectivity index is 2.41. The molecule has 2 rings (SSSR count). The topological polar surface area (TPSA) is 57.6 Å². The van der Waals surface area contributed by atoms with Crippen LogP contribution in [0.4, 0.5) is 5.69 Å². The molecule has 18 heavy (non-hydrogen) atoms. The molecule has 0 radical (unpaired) electrons. The molecule has 1 amide bonds. The molecule has 1 aliphatic heterocycles. The Morgan fingerprint density at radius 1 is 1.28 bits per heavy atom. The van der Waals surface area contributed by atoms with Crippen LogP contribution in [0.5, 0.6) is 0 Å². The number of aliphatic hydroxyl groups excluding tert-OH is 1. The van der Waals surface area contributed by atoms with Crippen molar-refractivity contribution in [2.75, 3.05) is 11.4 Å². The van der Waals surface area contributed by atoms with Gasteiger partial charge in [-0.15, -0.1) is 0 Å². The van der Waals surface area contributed by atoms with Crippen LogP contribution in [0, 0.1) is 13.8 Å². The predicted molar refractivity (Wildman–Crippen MR) is 68.9 cm³/mol. The molecule has 0 aliphatic carbocycles. The fourth-order valence-corrected chi connectivity index (χ4v) is 2.33. The summed E-state index contributed by atoms with van der Waals surface area (Å²) in [5.41, 5.74) is 3.05. The number of hydrogen-bond donors (Lipinski definition) is 1. The maximum Gasteiger partial charge on any atom is 0.299 e. The molecule has 1 N–H and O–H groups in total. The van der Waals surface area contributed by atoms with Gasteiger partial charge in [-0.25, -0.2) is 0 Å². The maximum absolute atomic E-state index is 11.9. The van der Waals surface area contributed by atoms with Crippen molar-refractivity contribution in [2.24, 2.45) is 0 Å². The first-order valence-electron chi connectivity index (χ1n) is 6.07. The number of rotatable bonds is 3. The molecule has 1 atom stereocenters. The van der Waals surface area contributed by atoms with E-state index in [1.165, 1.54) is 4.90 Å². The third-order valence-corrected chi connectivity index (χ3v) is 3.19. The number of aryl methyl sites for hydroxylation is 2. The van der Waals surface area contributed by atoms with E-state index in [0.717, 1.165) is 11.1 Å². The van der Waals surface area contributed by atoms with Gasteiger partial charge < -0.3 is 10.0 Å². The van der Waals surface area contributed by atoms with Gasteiger partial charge in [0.05, 0.1) is 17.4 Å². The molecule has 0 bridgehead atoms. The summed E-state index contributed by atoms with van der Waals surface area (Å²) >= 11 is 0. The van der Waals surface area contributed by atoms with Crippen LogP contribution in [0.1, 0.15) is 34.8 Å². The van der Waals surface area contributed by atoms with E-state index in [-0.39, 0.29) is 0 Å². The monoisotopic (exact) mass is 247 g/mol. The smallest absolute Gasteiger partial charge is 0.299 e. The Morgan fingerprint density at radius 2 is 1.94 bits per heavy atom. The molecular weight excluding hydrogens is 230 g/mol. The van der Waals surface area contributed by atoms with Gasteiger partial charge in [-0.3, -0.25) is 9.59 Å². The number of Topliss-reactive ketones (excluding diaryl/α,β-unsaturated/α-hetero) is 1. The van der Waals surface area contributed by atoms with Gasteiger partial charge in [-0.1, -0.05) is 6.07 Å². The number of fused-ring (bicyclic) bond motifs is 1. The Labute approximate surface area is 106 Å². The average Bonchev–Trinajstić information content (AvgIpc) is 2.49. The number of carbonyl (C=O) groups excluding carboxylic acids is 2. The third-order valence-electron chi connectivity index (χ3n) is 3.19. The van der Waals surface area contributed by atoms with E-state index < -0.39 is 17.8 Å².